The Balaban J connectivity index is 2.04. The Morgan fingerprint density at radius 1 is 1.14 bits per heavy atom. The van der Waals surface area contributed by atoms with Crippen molar-refractivity contribution in [2.75, 3.05) is 10.6 Å². The number of hydrogen-bond donors (Lipinski definition) is 3. The second-order valence-electron chi connectivity index (χ2n) is 4.84. The van der Waals surface area contributed by atoms with E-state index in [1.54, 1.807) is 25.1 Å². The molecule has 0 fully saturated rings. The summed E-state index contributed by atoms with van der Waals surface area (Å²) in [5.41, 5.74) is 3.16. The van der Waals surface area contributed by atoms with Gasteiger partial charge in [-0.2, -0.15) is 0 Å². The van der Waals surface area contributed by atoms with Gasteiger partial charge in [-0.3, -0.25) is 0 Å². The van der Waals surface area contributed by atoms with Crippen LogP contribution in [0, 0.1) is 6.92 Å². The van der Waals surface area contributed by atoms with E-state index < -0.39 is 6.10 Å². The fourth-order valence-electron chi connectivity index (χ4n) is 1.89. The van der Waals surface area contributed by atoms with Crippen LogP contribution in [-0.2, 0) is 0 Å². The molecule has 0 aliphatic heterocycles. The molecular formula is C16H17BrN2O2. The van der Waals surface area contributed by atoms with Crippen LogP contribution in [0.25, 0.3) is 0 Å². The van der Waals surface area contributed by atoms with Crippen LogP contribution in [0.15, 0.2) is 46.9 Å². The average Bonchev–Trinajstić information content (AvgIpc) is 2.43. The van der Waals surface area contributed by atoms with Gasteiger partial charge in [0.05, 0.1) is 6.10 Å². The second kappa shape index (κ2) is 6.74. The third-order valence-corrected chi connectivity index (χ3v) is 3.93. The lowest BCUT2D eigenvalue weighted by Crippen LogP contribution is -2.19. The van der Waals surface area contributed by atoms with Crippen molar-refractivity contribution >= 4 is 33.3 Å². The van der Waals surface area contributed by atoms with Crippen molar-refractivity contribution in [3.63, 3.8) is 0 Å². The van der Waals surface area contributed by atoms with E-state index in [1.165, 1.54) is 0 Å². The summed E-state index contributed by atoms with van der Waals surface area (Å²) in [4.78, 5) is 12.0. The highest BCUT2D eigenvalue weighted by molar-refractivity contribution is 9.10. The number of amides is 2. The van der Waals surface area contributed by atoms with E-state index in [9.17, 15) is 9.90 Å². The Bertz CT molecular complexity index is 656. The number of carbonyl (C=O) groups excluding carboxylic acids is 1. The van der Waals surface area contributed by atoms with Gasteiger partial charge in [0.1, 0.15) is 0 Å². The molecule has 3 N–H and O–H groups in total. The van der Waals surface area contributed by atoms with Crippen LogP contribution in [0.5, 0.6) is 0 Å². The zero-order valence-corrected chi connectivity index (χ0v) is 13.4. The maximum Gasteiger partial charge on any atom is 0.323 e. The Labute approximate surface area is 132 Å². The van der Waals surface area contributed by atoms with Gasteiger partial charge in [0, 0.05) is 15.8 Å². The molecule has 0 radical (unpaired) electrons. The fourth-order valence-corrected chi connectivity index (χ4v) is 2.14. The van der Waals surface area contributed by atoms with Gasteiger partial charge in [-0.25, -0.2) is 4.79 Å². The smallest absolute Gasteiger partial charge is 0.323 e. The molecule has 2 rings (SSSR count). The Hall–Kier alpha value is -1.85. The number of rotatable bonds is 3. The highest BCUT2D eigenvalue weighted by atomic mass is 79.9. The first-order valence-electron chi connectivity index (χ1n) is 6.58. The highest BCUT2D eigenvalue weighted by Gasteiger charge is 2.06. The summed E-state index contributed by atoms with van der Waals surface area (Å²) in [7, 11) is 0. The van der Waals surface area contributed by atoms with Gasteiger partial charge in [-0.1, -0.05) is 28.1 Å². The Kier molecular flexibility index (Phi) is 4.98. The van der Waals surface area contributed by atoms with Crippen LogP contribution in [0.3, 0.4) is 0 Å². The van der Waals surface area contributed by atoms with E-state index in [0.717, 1.165) is 21.3 Å². The molecule has 4 nitrogen and oxygen atoms in total. The van der Waals surface area contributed by atoms with Crippen molar-refractivity contribution in [3.8, 4) is 0 Å². The SMILES string of the molecule is Cc1cc(NC(=O)Nc2cccc(C(C)O)c2)ccc1Br. The van der Waals surface area contributed by atoms with E-state index in [1.807, 2.05) is 31.2 Å². The quantitative estimate of drug-likeness (QED) is 0.766. The van der Waals surface area contributed by atoms with Gasteiger partial charge in [0.15, 0.2) is 0 Å². The predicted octanol–water partition coefficient (Wildman–Crippen LogP) is 4.45. The van der Waals surface area contributed by atoms with Crippen molar-refractivity contribution < 1.29 is 9.90 Å². The molecule has 2 amide bonds. The van der Waals surface area contributed by atoms with Crippen LogP contribution in [-0.4, -0.2) is 11.1 Å². The molecule has 1 atom stereocenters. The topological polar surface area (TPSA) is 61.4 Å². The maximum absolute atomic E-state index is 12.0. The van der Waals surface area contributed by atoms with Gasteiger partial charge in [-0.15, -0.1) is 0 Å². The van der Waals surface area contributed by atoms with Gasteiger partial charge < -0.3 is 15.7 Å². The van der Waals surface area contributed by atoms with Crippen LogP contribution in [0.2, 0.25) is 0 Å². The summed E-state index contributed by atoms with van der Waals surface area (Å²) in [6.45, 7) is 3.64. The zero-order valence-electron chi connectivity index (χ0n) is 11.9. The van der Waals surface area contributed by atoms with E-state index in [2.05, 4.69) is 26.6 Å². The molecule has 2 aromatic rings. The number of nitrogens with one attached hydrogen (secondary N) is 2. The van der Waals surface area contributed by atoms with E-state index in [0.29, 0.717) is 5.69 Å². The largest absolute Gasteiger partial charge is 0.389 e. The molecule has 2 aromatic carbocycles. The molecule has 0 saturated carbocycles. The maximum atomic E-state index is 12.0. The number of carbonyl (C=O) groups is 1. The van der Waals surface area contributed by atoms with Crippen molar-refractivity contribution in [2.24, 2.45) is 0 Å². The number of urea groups is 1. The molecule has 110 valence electrons. The standard InChI is InChI=1S/C16H17BrN2O2/c1-10-8-14(6-7-15(10)17)19-16(21)18-13-5-3-4-12(9-13)11(2)20/h3-9,11,20H,1-2H3,(H2,18,19,21). The van der Waals surface area contributed by atoms with Crippen LogP contribution in [0.1, 0.15) is 24.2 Å². The summed E-state index contributed by atoms with van der Waals surface area (Å²) in [6.07, 6.45) is -0.566. The van der Waals surface area contributed by atoms with Gasteiger partial charge >= 0.3 is 6.03 Å². The zero-order chi connectivity index (χ0) is 15.4. The first-order chi connectivity index (χ1) is 9.95. The molecule has 0 aliphatic carbocycles. The van der Waals surface area contributed by atoms with Crippen LogP contribution >= 0.6 is 15.9 Å². The summed E-state index contributed by atoms with van der Waals surface area (Å²) in [6, 6.07) is 12.4. The van der Waals surface area contributed by atoms with Crippen molar-refractivity contribution in [1.29, 1.82) is 0 Å². The van der Waals surface area contributed by atoms with Crippen molar-refractivity contribution in [2.45, 2.75) is 20.0 Å². The van der Waals surface area contributed by atoms with E-state index in [4.69, 9.17) is 0 Å². The van der Waals surface area contributed by atoms with E-state index in [-0.39, 0.29) is 6.03 Å². The normalized spacial score (nSPS) is 11.8. The van der Waals surface area contributed by atoms with Crippen LogP contribution < -0.4 is 10.6 Å². The lowest BCUT2D eigenvalue weighted by molar-refractivity contribution is 0.199. The van der Waals surface area contributed by atoms with Gasteiger partial charge in [-0.05, 0) is 55.3 Å². The molecule has 0 aliphatic rings. The summed E-state index contributed by atoms with van der Waals surface area (Å²) >= 11 is 3.42. The molecule has 5 heteroatoms. The molecular weight excluding hydrogens is 332 g/mol. The molecule has 0 spiro atoms. The monoisotopic (exact) mass is 348 g/mol. The van der Waals surface area contributed by atoms with Gasteiger partial charge in [0.2, 0.25) is 0 Å². The minimum Gasteiger partial charge on any atom is -0.389 e. The number of anilines is 2. The average molecular weight is 349 g/mol. The minimum atomic E-state index is -0.566. The van der Waals surface area contributed by atoms with Gasteiger partial charge in [0.25, 0.3) is 0 Å². The van der Waals surface area contributed by atoms with E-state index >= 15 is 0 Å². The number of aliphatic hydroxyl groups is 1. The minimum absolute atomic E-state index is 0.320. The third-order valence-electron chi connectivity index (χ3n) is 3.04. The van der Waals surface area contributed by atoms with Crippen LogP contribution in [0.4, 0.5) is 16.2 Å². The fraction of sp³-hybridized carbons (Fsp3) is 0.188. The first-order valence-corrected chi connectivity index (χ1v) is 7.37. The molecule has 1 unspecified atom stereocenters. The molecule has 21 heavy (non-hydrogen) atoms. The van der Waals surface area contributed by atoms with Crippen molar-refractivity contribution in [1.82, 2.24) is 0 Å². The third kappa shape index (κ3) is 4.31. The molecule has 0 saturated heterocycles. The lowest BCUT2D eigenvalue weighted by atomic mass is 10.1. The molecule has 0 bridgehead atoms. The summed E-state index contributed by atoms with van der Waals surface area (Å²) in [5, 5.41) is 15.1. The number of benzene rings is 2. The Morgan fingerprint density at radius 3 is 2.43 bits per heavy atom. The van der Waals surface area contributed by atoms with Crippen molar-refractivity contribution in [3.05, 3.63) is 58.1 Å². The number of halogens is 1. The molecule has 0 aromatic heterocycles. The summed E-state index contributed by atoms with van der Waals surface area (Å²) < 4.78 is 0.998. The number of aliphatic hydroxyl groups excluding tert-OH is 1. The lowest BCUT2D eigenvalue weighted by Gasteiger charge is -2.11. The first kappa shape index (κ1) is 15.5. The number of aryl methyl sites for hydroxylation is 1. The number of hydrogen-bond acceptors (Lipinski definition) is 2. The predicted molar refractivity (Wildman–Crippen MR) is 88.6 cm³/mol. The second-order valence-corrected chi connectivity index (χ2v) is 5.70. The summed E-state index contributed by atoms with van der Waals surface area (Å²) in [5.74, 6) is 0. The highest BCUT2D eigenvalue weighted by Crippen LogP contribution is 2.21. The Morgan fingerprint density at radius 2 is 1.81 bits per heavy atom. The molecule has 0 heterocycles.